The summed E-state index contributed by atoms with van der Waals surface area (Å²) in [7, 11) is 0. The molecule has 0 aliphatic heterocycles. The number of carbonyl (C=O) groups is 1. The smallest absolute Gasteiger partial charge is 0.305 e. The lowest BCUT2D eigenvalue weighted by atomic mass is 9.85. The van der Waals surface area contributed by atoms with Gasteiger partial charge < -0.3 is 15.9 Å². The summed E-state index contributed by atoms with van der Waals surface area (Å²) in [5.41, 5.74) is 8.77. The number of hydrogen-bond donors (Lipinski definition) is 3. The lowest BCUT2D eigenvalue weighted by Gasteiger charge is -2.23. The van der Waals surface area contributed by atoms with Crippen LogP contribution >= 0.6 is 0 Å². The molecule has 1 aromatic carbocycles. The number of benzene rings is 1. The average molecular weight is 235 g/mol. The summed E-state index contributed by atoms with van der Waals surface area (Å²) < 4.78 is 0. The van der Waals surface area contributed by atoms with Gasteiger partial charge >= 0.3 is 5.97 Å². The Labute approximate surface area is 100 Å². The van der Waals surface area contributed by atoms with Gasteiger partial charge in [0, 0.05) is 11.6 Å². The number of phenolic OH excluding ortho intramolecular Hbond substituents is 1. The average Bonchev–Trinajstić information content (AvgIpc) is 2.27. The molecule has 1 aromatic rings. The van der Waals surface area contributed by atoms with Crippen LogP contribution < -0.4 is 5.73 Å². The van der Waals surface area contributed by atoms with Crippen LogP contribution in [-0.4, -0.2) is 16.2 Å². The first-order valence-electron chi connectivity index (χ1n) is 5.90. The van der Waals surface area contributed by atoms with Crippen molar-refractivity contribution >= 4 is 5.97 Å². The van der Waals surface area contributed by atoms with E-state index in [1.165, 1.54) is 5.56 Å². The van der Waals surface area contributed by atoms with E-state index in [2.05, 4.69) is 0 Å². The van der Waals surface area contributed by atoms with E-state index in [1.54, 1.807) is 6.07 Å². The van der Waals surface area contributed by atoms with E-state index in [0.29, 0.717) is 5.56 Å². The highest BCUT2D eigenvalue weighted by Crippen LogP contribution is 2.34. The zero-order valence-corrected chi connectivity index (χ0v) is 9.65. The van der Waals surface area contributed by atoms with Crippen LogP contribution in [0.15, 0.2) is 12.1 Å². The number of hydrogen-bond acceptors (Lipinski definition) is 3. The molecular formula is C13H17NO3. The molecule has 0 bridgehead atoms. The molecule has 0 heterocycles. The molecule has 0 spiro atoms. The van der Waals surface area contributed by atoms with Crippen LogP contribution in [0.3, 0.4) is 0 Å². The molecule has 4 nitrogen and oxygen atoms in total. The lowest BCUT2D eigenvalue weighted by Crippen LogP contribution is -2.19. The summed E-state index contributed by atoms with van der Waals surface area (Å²) in [5, 5.41) is 18.7. The maximum absolute atomic E-state index is 10.7. The highest BCUT2D eigenvalue weighted by Gasteiger charge is 2.22. The van der Waals surface area contributed by atoms with Crippen LogP contribution in [0.1, 0.15) is 42.0 Å². The number of phenols is 1. The first-order valence-corrected chi connectivity index (χ1v) is 5.90. The van der Waals surface area contributed by atoms with E-state index < -0.39 is 12.0 Å². The van der Waals surface area contributed by atoms with Crippen LogP contribution in [0.2, 0.25) is 0 Å². The maximum atomic E-state index is 10.7. The number of carboxylic acids is 1. The van der Waals surface area contributed by atoms with Crippen LogP contribution in [0.5, 0.6) is 5.75 Å². The summed E-state index contributed by atoms with van der Waals surface area (Å²) in [6, 6.07) is 2.92. The SMILES string of the molecule is NC(CC(=O)O)c1c(O)ccc2c1CCCC2. The van der Waals surface area contributed by atoms with Crippen LogP contribution in [0, 0.1) is 0 Å². The Bertz CT molecular complexity index is 443. The van der Waals surface area contributed by atoms with E-state index in [0.717, 1.165) is 31.2 Å². The molecule has 0 aromatic heterocycles. The summed E-state index contributed by atoms with van der Waals surface area (Å²) in [5.74, 6) is -0.815. The van der Waals surface area contributed by atoms with Crippen LogP contribution in [-0.2, 0) is 17.6 Å². The van der Waals surface area contributed by atoms with Crippen molar-refractivity contribution in [3.63, 3.8) is 0 Å². The number of aromatic hydroxyl groups is 1. The van der Waals surface area contributed by atoms with Gasteiger partial charge in [-0.3, -0.25) is 4.79 Å². The number of aryl methyl sites for hydroxylation is 1. The predicted molar refractivity (Wildman–Crippen MR) is 63.9 cm³/mol. The predicted octanol–water partition coefficient (Wildman–Crippen LogP) is 1.75. The highest BCUT2D eigenvalue weighted by atomic mass is 16.4. The number of aliphatic carboxylic acids is 1. The van der Waals surface area contributed by atoms with Gasteiger partial charge in [0.1, 0.15) is 5.75 Å². The van der Waals surface area contributed by atoms with E-state index in [4.69, 9.17) is 10.8 Å². The topological polar surface area (TPSA) is 83.6 Å². The van der Waals surface area contributed by atoms with Gasteiger partial charge in [0.25, 0.3) is 0 Å². The number of nitrogens with two attached hydrogens (primary N) is 1. The van der Waals surface area contributed by atoms with E-state index in [-0.39, 0.29) is 12.2 Å². The number of carboxylic acid groups (broad SMARTS) is 1. The van der Waals surface area contributed by atoms with E-state index >= 15 is 0 Å². The second-order valence-electron chi connectivity index (χ2n) is 4.55. The fourth-order valence-corrected chi connectivity index (χ4v) is 2.55. The molecular weight excluding hydrogens is 218 g/mol. The highest BCUT2D eigenvalue weighted by molar-refractivity contribution is 5.68. The third-order valence-corrected chi connectivity index (χ3v) is 3.32. The summed E-state index contributed by atoms with van der Waals surface area (Å²) in [6.45, 7) is 0. The Balaban J connectivity index is 2.40. The Kier molecular flexibility index (Phi) is 3.33. The van der Waals surface area contributed by atoms with Crippen LogP contribution in [0.4, 0.5) is 0 Å². The Morgan fingerprint density at radius 3 is 2.76 bits per heavy atom. The molecule has 0 amide bonds. The minimum absolute atomic E-state index is 0.124. The van der Waals surface area contributed by atoms with Gasteiger partial charge in [-0.05, 0) is 42.9 Å². The standard InChI is InChI=1S/C13H17NO3/c14-10(7-12(16)17)13-9-4-2-1-3-8(9)5-6-11(13)15/h5-6,10,15H,1-4,7,14H2,(H,16,17). The van der Waals surface area contributed by atoms with Crippen LogP contribution in [0.25, 0.3) is 0 Å². The van der Waals surface area contributed by atoms with E-state index in [9.17, 15) is 9.90 Å². The zero-order chi connectivity index (χ0) is 12.4. The minimum Gasteiger partial charge on any atom is -0.508 e. The molecule has 4 N–H and O–H groups in total. The van der Waals surface area contributed by atoms with E-state index in [1.807, 2.05) is 6.07 Å². The number of fused-ring (bicyclic) bond motifs is 1. The van der Waals surface area contributed by atoms with Crippen molar-refractivity contribution < 1.29 is 15.0 Å². The second-order valence-corrected chi connectivity index (χ2v) is 4.55. The fourth-order valence-electron chi connectivity index (χ4n) is 2.55. The molecule has 1 aliphatic carbocycles. The van der Waals surface area contributed by atoms with Crippen molar-refractivity contribution in [2.75, 3.05) is 0 Å². The van der Waals surface area contributed by atoms with Gasteiger partial charge in [-0.15, -0.1) is 0 Å². The fraction of sp³-hybridized carbons (Fsp3) is 0.462. The van der Waals surface area contributed by atoms with Crippen molar-refractivity contribution in [2.45, 2.75) is 38.1 Å². The molecule has 1 atom stereocenters. The minimum atomic E-state index is -0.940. The molecule has 17 heavy (non-hydrogen) atoms. The Morgan fingerprint density at radius 1 is 1.35 bits per heavy atom. The Morgan fingerprint density at radius 2 is 2.06 bits per heavy atom. The molecule has 1 unspecified atom stereocenters. The third-order valence-electron chi connectivity index (χ3n) is 3.32. The van der Waals surface area contributed by atoms with Crippen molar-refractivity contribution in [3.05, 3.63) is 28.8 Å². The first-order chi connectivity index (χ1) is 8.09. The first kappa shape index (κ1) is 11.9. The second kappa shape index (κ2) is 4.75. The largest absolute Gasteiger partial charge is 0.508 e. The monoisotopic (exact) mass is 235 g/mol. The van der Waals surface area contributed by atoms with Crippen molar-refractivity contribution in [2.24, 2.45) is 5.73 Å². The Hall–Kier alpha value is -1.55. The molecule has 0 saturated carbocycles. The molecule has 92 valence electrons. The van der Waals surface area contributed by atoms with Gasteiger partial charge in [0.05, 0.1) is 6.42 Å². The van der Waals surface area contributed by atoms with Crippen molar-refractivity contribution in [1.82, 2.24) is 0 Å². The molecule has 4 heteroatoms. The third kappa shape index (κ3) is 2.42. The normalized spacial score (nSPS) is 16.3. The van der Waals surface area contributed by atoms with Crippen molar-refractivity contribution in [1.29, 1.82) is 0 Å². The van der Waals surface area contributed by atoms with Gasteiger partial charge in [0.2, 0.25) is 0 Å². The van der Waals surface area contributed by atoms with Gasteiger partial charge in [-0.2, -0.15) is 0 Å². The number of rotatable bonds is 3. The molecule has 0 radical (unpaired) electrons. The van der Waals surface area contributed by atoms with Gasteiger partial charge in [-0.25, -0.2) is 0 Å². The summed E-state index contributed by atoms with van der Waals surface area (Å²) in [4.78, 5) is 10.7. The lowest BCUT2D eigenvalue weighted by molar-refractivity contribution is -0.137. The molecule has 0 saturated heterocycles. The maximum Gasteiger partial charge on any atom is 0.305 e. The molecule has 0 fully saturated rings. The quantitative estimate of drug-likeness (QED) is 0.745. The molecule has 1 aliphatic rings. The zero-order valence-electron chi connectivity index (χ0n) is 9.65. The molecule has 2 rings (SSSR count). The summed E-state index contributed by atoms with van der Waals surface area (Å²) in [6.07, 6.45) is 3.94. The summed E-state index contributed by atoms with van der Waals surface area (Å²) >= 11 is 0. The van der Waals surface area contributed by atoms with Gasteiger partial charge in [-0.1, -0.05) is 6.07 Å². The van der Waals surface area contributed by atoms with Crippen molar-refractivity contribution in [3.8, 4) is 5.75 Å². The van der Waals surface area contributed by atoms with Gasteiger partial charge in [0.15, 0.2) is 0 Å².